The Morgan fingerprint density at radius 1 is 1.05 bits per heavy atom. The van der Waals surface area contributed by atoms with E-state index in [1.807, 2.05) is 36.8 Å². The molecule has 116 valence electrons. The molecule has 2 aromatic rings. The lowest BCUT2D eigenvalue weighted by molar-refractivity contribution is 0.0981. The van der Waals surface area contributed by atoms with Crippen LogP contribution in [0.5, 0.6) is 11.5 Å². The number of hydrogen-bond donors (Lipinski definition) is 1. The normalized spacial score (nSPS) is 11.0. The summed E-state index contributed by atoms with van der Waals surface area (Å²) in [5, 5.41) is 0. The van der Waals surface area contributed by atoms with E-state index in [-0.39, 0.29) is 5.56 Å². The molecule has 0 aliphatic rings. The zero-order valence-electron chi connectivity index (χ0n) is 12.6. The fourth-order valence-corrected chi connectivity index (χ4v) is 2.40. The van der Waals surface area contributed by atoms with Gasteiger partial charge in [0.2, 0.25) is 10.0 Å². The van der Waals surface area contributed by atoms with E-state index >= 15 is 0 Å². The zero-order chi connectivity index (χ0) is 16.3. The molecule has 2 aromatic carbocycles. The van der Waals surface area contributed by atoms with Crippen LogP contribution in [-0.2, 0) is 10.0 Å². The lowest BCUT2D eigenvalue weighted by Gasteiger charge is -2.10. The first-order chi connectivity index (χ1) is 10.2. The molecule has 1 amide bonds. The van der Waals surface area contributed by atoms with Crippen molar-refractivity contribution in [2.45, 2.75) is 13.8 Å². The summed E-state index contributed by atoms with van der Waals surface area (Å²) in [6.45, 7) is 3.96. The average molecular weight is 319 g/mol. The summed E-state index contributed by atoms with van der Waals surface area (Å²) in [6, 6.07) is 12.1. The first-order valence-electron chi connectivity index (χ1n) is 6.62. The number of carbonyl (C=O) groups excluding carboxylic acids is 1. The smallest absolute Gasteiger partial charge is 0.264 e. The van der Waals surface area contributed by atoms with Crippen LogP contribution in [0.2, 0.25) is 0 Å². The van der Waals surface area contributed by atoms with Crippen molar-refractivity contribution in [1.82, 2.24) is 4.72 Å². The minimum atomic E-state index is -3.57. The van der Waals surface area contributed by atoms with Gasteiger partial charge in [-0.1, -0.05) is 17.7 Å². The van der Waals surface area contributed by atoms with Crippen molar-refractivity contribution in [3.63, 3.8) is 0 Å². The minimum absolute atomic E-state index is 0.249. The Labute approximate surface area is 130 Å². The lowest BCUT2D eigenvalue weighted by Crippen LogP contribution is -2.29. The van der Waals surface area contributed by atoms with Crippen molar-refractivity contribution in [1.29, 1.82) is 0 Å². The van der Waals surface area contributed by atoms with Crippen molar-refractivity contribution < 1.29 is 17.9 Å². The topological polar surface area (TPSA) is 72.5 Å². The van der Waals surface area contributed by atoms with Crippen LogP contribution in [0.4, 0.5) is 0 Å². The molecule has 6 heteroatoms. The van der Waals surface area contributed by atoms with Gasteiger partial charge in [0.05, 0.1) is 6.26 Å². The van der Waals surface area contributed by atoms with Crippen molar-refractivity contribution >= 4 is 15.9 Å². The molecule has 0 aliphatic heterocycles. The third-order valence-corrected chi connectivity index (χ3v) is 3.51. The van der Waals surface area contributed by atoms with E-state index in [4.69, 9.17) is 4.74 Å². The summed E-state index contributed by atoms with van der Waals surface area (Å²) in [5.41, 5.74) is 2.41. The highest BCUT2D eigenvalue weighted by Crippen LogP contribution is 2.25. The Morgan fingerprint density at radius 3 is 2.23 bits per heavy atom. The predicted octanol–water partition coefficient (Wildman–Crippen LogP) is 2.79. The highest BCUT2D eigenvalue weighted by atomic mass is 32.2. The summed E-state index contributed by atoms with van der Waals surface area (Å²) in [4.78, 5) is 11.7. The van der Waals surface area contributed by atoms with Crippen LogP contribution in [0.3, 0.4) is 0 Å². The van der Waals surface area contributed by atoms with E-state index in [0.29, 0.717) is 5.75 Å². The molecule has 22 heavy (non-hydrogen) atoms. The van der Waals surface area contributed by atoms with Gasteiger partial charge in [0.25, 0.3) is 5.91 Å². The number of rotatable bonds is 4. The molecule has 0 heterocycles. The second kappa shape index (κ2) is 6.19. The number of benzene rings is 2. The monoisotopic (exact) mass is 319 g/mol. The van der Waals surface area contributed by atoms with Crippen molar-refractivity contribution in [2.75, 3.05) is 6.26 Å². The van der Waals surface area contributed by atoms with Crippen LogP contribution in [0.25, 0.3) is 0 Å². The number of ether oxygens (including phenoxy) is 1. The largest absolute Gasteiger partial charge is 0.457 e. The fraction of sp³-hybridized carbons (Fsp3) is 0.188. The van der Waals surface area contributed by atoms with Crippen molar-refractivity contribution in [3.05, 3.63) is 59.2 Å². The summed E-state index contributed by atoms with van der Waals surface area (Å²) >= 11 is 0. The molecule has 0 aromatic heterocycles. The van der Waals surface area contributed by atoms with E-state index in [9.17, 15) is 13.2 Å². The highest BCUT2D eigenvalue weighted by Gasteiger charge is 2.11. The first-order valence-corrected chi connectivity index (χ1v) is 8.51. The predicted molar refractivity (Wildman–Crippen MR) is 84.7 cm³/mol. The summed E-state index contributed by atoms with van der Waals surface area (Å²) in [5.74, 6) is 0.641. The van der Waals surface area contributed by atoms with E-state index in [0.717, 1.165) is 23.1 Å². The standard InChI is InChI=1S/C16H17NO4S/c1-11-4-9-15(12(2)10-11)21-14-7-5-13(6-8-14)16(18)17-22(3,19)20/h4-10H,1-3H3,(H,17,18). The van der Waals surface area contributed by atoms with Crippen LogP contribution in [0, 0.1) is 13.8 Å². The van der Waals surface area contributed by atoms with Crippen LogP contribution in [0.1, 0.15) is 21.5 Å². The Morgan fingerprint density at radius 2 is 1.68 bits per heavy atom. The van der Waals surface area contributed by atoms with Gasteiger partial charge in [-0.05, 0) is 49.7 Å². The van der Waals surface area contributed by atoms with Crippen molar-refractivity contribution in [2.24, 2.45) is 0 Å². The molecule has 0 radical (unpaired) electrons. The molecule has 5 nitrogen and oxygen atoms in total. The summed E-state index contributed by atoms with van der Waals surface area (Å²) in [7, 11) is -3.57. The Balaban J connectivity index is 2.13. The molecule has 0 bridgehead atoms. The second-order valence-corrected chi connectivity index (χ2v) is 6.85. The number of sulfonamides is 1. The average Bonchev–Trinajstić information content (AvgIpc) is 2.41. The third kappa shape index (κ3) is 4.33. The summed E-state index contributed by atoms with van der Waals surface area (Å²) in [6.07, 6.45) is 0.933. The Bertz CT molecular complexity index is 795. The van der Waals surface area contributed by atoms with E-state index in [1.165, 1.54) is 12.1 Å². The van der Waals surface area contributed by atoms with Gasteiger partial charge >= 0.3 is 0 Å². The zero-order valence-corrected chi connectivity index (χ0v) is 13.4. The van der Waals surface area contributed by atoms with E-state index in [1.54, 1.807) is 12.1 Å². The molecule has 0 fully saturated rings. The lowest BCUT2D eigenvalue weighted by atomic mass is 10.1. The van der Waals surface area contributed by atoms with E-state index < -0.39 is 15.9 Å². The second-order valence-electron chi connectivity index (χ2n) is 5.10. The van der Waals surface area contributed by atoms with Crippen LogP contribution in [-0.4, -0.2) is 20.6 Å². The van der Waals surface area contributed by atoms with Gasteiger partial charge in [0.1, 0.15) is 11.5 Å². The Kier molecular flexibility index (Phi) is 4.51. The molecule has 1 N–H and O–H groups in total. The van der Waals surface area contributed by atoms with Gasteiger partial charge in [0.15, 0.2) is 0 Å². The van der Waals surface area contributed by atoms with Crippen molar-refractivity contribution in [3.8, 4) is 11.5 Å². The van der Waals surface area contributed by atoms with Crippen LogP contribution in [0.15, 0.2) is 42.5 Å². The number of carbonyl (C=O) groups is 1. The van der Waals surface area contributed by atoms with Gasteiger partial charge in [-0.2, -0.15) is 0 Å². The first kappa shape index (κ1) is 16.0. The maximum atomic E-state index is 11.7. The van der Waals surface area contributed by atoms with Gasteiger partial charge < -0.3 is 4.74 Å². The number of aryl methyl sites for hydroxylation is 2. The number of amides is 1. The number of nitrogens with one attached hydrogen (secondary N) is 1. The highest BCUT2D eigenvalue weighted by molar-refractivity contribution is 7.89. The molecule has 0 spiro atoms. The molecule has 0 unspecified atom stereocenters. The number of hydrogen-bond acceptors (Lipinski definition) is 4. The van der Waals surface area contributed by atoms with Gasteiger partial charge in [-0.15, -0.1) is 0 Å². The molecule has 0 saturated heterocycles. The molecule has 0 aliphatic carbocycles. The molecular weight excluding hydrogens is 302 g/mol. The molecular formula is C16H17NO4S. The van der Waals surface area contributed by atoms with Crippen LogP contribution < -0.4 is 9.46 Å². The third-order valence-electron chi connectivity index (χ3n) is 2.95. The van der Waals surface area contributed by atoms with E-state index in [2.05, 4.69) is 0 Å². The maximum absolute atomic E-state index is 11.7. The van der Waals surface area contributed by atoms with Gasteiger partial charge in [-0.25, -0.2) is 13.1 Å². The van der Waals surface area contributed by atoms with Crippen LogP contribution >= 0.6 is 0 Å². The molecule has 0 atom stereocenters. The molecule has 0 saturated carbocycles. The fourth-order valence-electron chi connectivity index (χ4n) is 1.94. The quantitative estimate of drug-likeness (QED) is 0.940. The maximum Gasteiger partial charge on any atom is 0.264 e. The summed E-state index contributed by atoms with van der Waals surface area (Å²) < 4.78 is 29.7. The minimum Gasteiger partial charge on any atom is -0.457 e. The molecule has 2 rings (SSSR count). The van der Waals surface area contributed by atoms with Gasteiger partial charge in [0, 0.05) is 5.56 Å². The Hall–Kier alpha value is -2.34. The SMILES string of the molecule is Cc1ccc(Oc2ccc(C(=O)NS(C)(=O)=O)cc2)c(C)c1. The van der Waals surface area contributed by atoms with Gasteiger partial charge in [-0.3, -0.25) is 4.79 Å².